The highest BCUT2D eigenvalue weighted by molar-refractivity contribution is 7.18. The van der Waals surface area contributed by atoms with Crippen LogP contribution in [0.2, 0.25) is 5.02 Å². The first-order valence-electron chi connectivity index (χ1n) is 9.85. The van der Waals surface area contributed by atoms with Crippen LogP contribution >= 0.6 is 22.9 Å². The molecule has 28 heavy (non-hydrogen) atoms. The Morgan fingerprint density at radius 3 is 2.79 bits per heavy atom. The van der Waals surface area contributed by atoms with E-state index in [0.29, 0.717) is 23.8 Å². The van der Waals surface area contributed by atoms with Gasteiger partial charge in [0.15, 0.2) is 0 Å². The highest BCUT2D eigenvalue weighted by Crippen LogP contribution is 2.28. The van der Waals surface area contributed by atoms with Crippen molar-refractivity contribution in [2.24, 2.45) is 11.7 Å². The lowest BCUT2D eigenvalue weighted by Crippen LogP contribution is -2.53. The van der Waals surface area contributed by atoms with E-state index in [2.05, 4.69) is 15.6 Å². The summed E-state index contributed by atoms with van der Waals surface area (Å²) in [6.45, 7) is 1.76. The van der Waals surface area contributed by atoms with E-state index in [1.165, 1.54) is 37.0 Å². The van der Waals surface area contributed by atoms with Crippen LogP contribution in [-0.2, 0) is 16.0 Å². The molecule has 1 heterocycles. The van der Waals surface area contributed by atoms with Crippen molar-refractivity contribution < 1.29 is 9.59 Å². The van der Waals surface area contributed by atoms with Crippen molar-refractivity contribution in [3.63, 3.8) is 0 Å². The smallest absolute Gasteiger partial charge is 0.244 e. The Hall–Kier alpha value is -1.70. The van der Waals surface area contributed by atoms with Gasteiger partial charge in [-0.15, -0.1) is 11.3 Å². The molecule has 1 saturated carbocycles. The second-order valence-electron chi connectivity index (χ2n) is 7.40. The molecule has 1 aliphatic carbocycles. The van der Waals surface area contributed by atoms with E-state index >= 15 is 0 Å². The molecule has 1 fully saturated rings. The maximum Gasteiger partial charge on any atom is 0.244 e. The first-order valence-corrected chi connectivity index (χ1v) is 11.0. The van der Waals surface area contributed by atoms with Gasteiger partial charge in [0.2, 0.25) is 11.8 Å². The quantitative estimate of drug-likeness (QED) is 0.568. The number of carbonyl (C=O) groups is 2. The van der Waals surface area contributed by atoms with Crippen LogP contribution in [0.25, 0.3) is 10.2 Å². The molecule has 2 amide bonds. The summed E-state index contributed by atoms with van der Waals surface area (Å²) in [5, 5.41) is 7.11. The summed E-state index contributed by atoms with van der Waals surface area (Å²) in [5.74, 6) is 0.145. The molecular formula is C20H27ClN4O2S. The number of halogens is 1. The Kier molecular flexibility index (Phi) is 7.26. The number of nitrogens with one attached hydrogen (secondary N) is 2. The number of nitrogens with zero attached hydrogens (tertiary/aromatic N) is 1. The fourth-order valence-electron chi connectivity index (χ4n) is 3.66. The number of rotatable bonds is 8. The van der Waals surface area contributed by atoms with Crippen LogP contribution in [-0.4, -0.2) is 29.0 Å². The lowest BCUT2D eigenvalue weighted by molar-refractivity contribution is -0.129. The van der Waals surface area contributed by atoms with E-state index in [-0.39, 0.29) is 11.8 Å². The van der Waals surface area contributed by atoms with Gasteiger partial charge in [-0.05, 0) is 30.5 Å². The zero-order valence-electron chi connectivity index (χ0n) is 16.0. The second-order valence-corrected chi connectivity index (χ2v) is 8.95. The van der Waals surface area contributed by atoms with Gasteiger partial charge in [-0.25, -0.2) is 4.98 Å². The number of nitrogens with two attached hydrogens (primary N) is 1. The van der Waals surface area contributed by atoms with Gasteiger partial charge in [0.05, 0.1) is 21.4 Å². The van der Waals surface area contributed by atoms with Crippen LogP contribution in [0.5, 0.6) is 0 Å². The largest absolute Gasteiger partial charge is 0.344 e. The van der Waals surface area contributed by atoms with Gasteiger partial charge in [0.1, 0.15) is 6.04 Å². The molecule has 1 aromatic heterocycles. The van der Waals surface area contributed by atoms with Crippen molar-refractivity contribution in [2.45, 2.75) is 64.1 Å². The Labute approximate surface area is 174 Å². The van der Waals surface area contributed by atoms with Gasteiger partial charge < -0.3 is 16.4 Å². The topological polar surface area (TPSA) is 97.1 Å². The summed E-state index contributed by atoms with van der Waals surface area (Å²) in [6, 6.07) is 4.81. The summed E-state index contributed by atoms with van der Waals surface area (Å²) >= 11 is 7.52. The van der Waals surface area contributed by atoms with E-state index in [1.807, 2.05) is 12.1 Å². The molecule has 6 nitrogen and oxygen atoms in total. The van der Waals surface area contributed by atoms with Crippen LogP contribution in [0.3, 0.4) is 0 Å². The van der Waals surface area contributed by atoms with Crippen LogP contribution in [0.4, 0.5) is 0 Å². The van der Waals surface area contributed by atoms with E-state index in [4.69, 9.17) is 17.3 Å². The second kappa shape index (κ2) is 9.67. The van der Waals surface area contributed by atoms with Crippen molar-refractivity contribution in [2.75, 3.05) is 0 Å². The molecular weight excluding hydrogens is 396 g/mol. The third kappa shape index (κ3) is 5.65. The Morgan fingerprint density at radius 2 is 2.07 bits per heavy atom. The highest BCUT2D eigenvalue weighted by atomic mass is 35.5. The van der Waals surface area contributed by atoms with Crippen LogP contribution in [0.1, 0.15) is 50.5 Å². The lowest BCUT2D eigenvalue weighted by atomic mass is 10.0. The van der Waals surface area contributed by atoms with Gasteiger partial charge in [0.25, 0.3) is 0 Å². The molecule has 0 bridgehead atoms. The number of aromatic nitrogens is 1. The van der Waals surface area contributed by atoms with Crippen molar-refractivity contribution in [3.05, 3.63) is 28.2 Å². The van der Waals surface area contributed by atoms with Crippen molar-refractivity contribution in [1.82, 2.24) is 15.6 Å². The van der Waals surface area contributed by atoms with Crippen LogP contribution in [0, 0.1) is 5.92 Å². The van der Waals surface area contributed by atoms with E-state index in [0.717, 1.165) is 21.6 Å². The van der Waals surface area contributed by atoms with Crippen molar-refractivity contribution in [1.29, 1.82) is 0 Å². The molecule has 2 aromatic rings. The van der Waals surface area contributed by atoms with Gasteiger partial charge >= 0.3 is 0 Å². The average molecular weight is 423 g/mol. The Morgan fingerprint density at radius 1 is 1.32 bits per heavy atom. The molecule has 4 N–H and O–H groups in total. The molecule has 0 spiro atoms. The number of fused-ring (bicyclic) bond motifs is 1. The number of hydrogen-bond donors (Lipinski definition) is 3. The van der Waals surface area contributed by atoms with Gasteiger partial charge in [-0.3, -0.25) is 9.59 Å². The van der Waals surface area contributed by atoms with Crippen LogP contribution < -0.4 is 16.4 Å². The third-order valence-electron chi connectivity index (χ3n) is 5.14. The minimum atomic E-state index is -0.696. The van der Waals surface area contributed by atoms with E-state index in [1.54, 1.807) is 13.0 Å². The fraction of sp³-hybridized carbons (Fsp3) is 0.550. The van der Waals surface area contributed by atoms with Gasteiger partial charge in [-0.2, -0.15) is 0 Å². The summed E-state index contributed by atoms with van der Waals surface area (Å²) < 4.78 is 0.960. The SMILES string of the molecule is CCC(=O)NC(Cc1nc2ccc(Cl)cc2s1)C(=O)N[C@H](N)CC1CCCC1. The van der Waals surface area contributed by atoms with Gasteiger partial charge in [-0.1, -0.05) is 44.2 Å². The maximum absolute atomic E-state index is 12.8. The fourth-order valence-corrected chi connectivity index (χ4v) is 4.95. The number of thiazole rings is 1. The average Bonchev–Trinajstić information content (AvgIpc) is 3.29. The molecule has 2 atom stereocenters. The standard InChI is InChI=1S/C20H27ClN4O2S/c1-2-18(26)23-15(20(27)25-17(22)9-12-5-3-4-6-12)11-19-24-14-8-7-13(21)10-16(14)28-19/h7-8,10,12,15,17H,2-6,9,11,22H2,1H3,(H,23,26)(H,25,27)/t15?,17-/m0/s1. The molecule has 1 aromatic carbocycles. The zero-order chi connectivity index (χ0) is 20.1. The number of hydrogen-bond acceptors (Lipinski definition) is 5. The first kappa shape index (κ1) is 21.0. The lowest BCUT2D eigenvalue weighted by Gasteiger charge is -2.22. The molecule has 1 unspecified atom stereocenters. The molecule has 1 aliphatic rings. The zero-order valence-corrected chi connectivity index (χ0v) is 17.6. The van der Waals surface area contributed by atoms with E-state index in [9.17, 15) is 9.59 Å². The summed E-state index contributed by atoms with van der Waals surface area (Å²) in [5.41, 5.74) is 6.99. The number of carbonyl (C=O) groups excluding carboxylic acids is 2. The van der Waals surface area contributed by atoms with Gasteiger partial charge in [0, 0.05) is 17.9 Å². The molecule has 3 rings (SSSR count). The molecule has 0 radical (unpaired) electrons. The minimum Gasteiger partial charge on any atom is -0.344 e. The van der Waals surface area contributed by atoms with Crippen molar-refractivity contribution in [3.8, 4) is 0 Å². The predicted octanol–water partition coefficient (Wildman–Crippen LogP) is 3.37. The highest BCUT2D eigenvalue weighted by Gasteiger charge is 2.25. The maximum atomic E-state index is 12.8. The van der Waals surface area contributed by atoms with Crippen molar-refractivity contribution >= 4 is 45.0 Å². The van der Waals surface area contributed by atoms with Crippen LogP contribution in [0.15, 0.2) is 18.2 Å². The molecule has 152 valence electrons. The number of amides is 2. The molecule has 0 saturated heterocycles. The number of benzene rings is 1. The summed E-state index contributed by atoms with van der Waals surface area (Å²) in [6.07, 6.45) is 5.84. The molecule has 0 aliphatic heterocycles. The first-order chi connectivity index (χ1) is 13.4. The third-order valence-corrected chi connectivity index (χ3v) is 6.41. The monoisotopic (exact) mass is 422 g/mol. The molecule has 8 heteroatoms. The minimum absolute atomic E-state index is 0.173. The summed E-state index contributed by atoms with van der Waals surface area (Å²) in [4.78, 5) is 29.3. The summed E-state index contributed by atoms with van der Waals surface area (Å²) in [7, 11) is 0. The predicted molar refractivity (Wildman–Crippen MR) is 113 cm³/mol. The Balaban J connectivity index is 1.67. The van der Waals surface area contributed by atoms with E-state index < -0.39 is 12.2 Å². The normalized spacial score (nSPS) is 16.8. The Bertz CT molecular complexity index is 835.